The van der Waals surface area contributed by atoms with Crippen LogP contribution in [0.3, 0.4) is 0 Å². The fourth-order valence-corrected chi connectivity index (χ4v) is 0.978. The van der Waals surface area contributed by atoms with Gasteiger partial charge in [0.15, 0.2) is 5.58 Å². The van der Waals surface area contributed by atoms with Gasteiger partial charge in [-0.2, -0.15) is 9.98 Å². The van der Waals surface area contributed by atoms with Crippen molar-refractivity contribution < 1.29 is 4.42 Å². The summed E-state index contributed by atoms with van der Waals surface area (Å²) < 4.78 is 5.32. The Balaban J connectivity index is 2.36. The summed E-state index contributed by atoms with van der Waals surface area (Å²) in [7, 11) is 3.76. The summed E-state index contributed by atoms with van der Waals surface area (Å²) in [5.41, 5.74) is 1.23. The summed E-state index contributed by atoms with van der Waals surface area (Å²) in [5, 5.41) is 0. The van der Waals surface area contributed by atoms with E-state index in [4.69, 9.17) is 4.42 Å². The topological polar surface area (TPSA) is 54.5 Å². The molecule has 0 unspecified atom stereocenters. The van der Waals surface area contributed by atoms with Gasteiger partial charge in [0.1, 0.15) is 0 Å². The molecule has 2 aromatic rings. The number of aromatic nitrogens is 2. The minimum atomic E-state index is 0.326. The van der Waals surface area contributed by atoms with Gasteiger partial charge >= 0.3 is 6.01 Å². The normalized spacial score (nSPS) is 11.3. The molecule has 0 N–H and O–H groups in total. The molecule has 0 radical (unpaired) electrons. The average Bonchev–Trinajstić information content (AvgIpc) is 2.57. The molecule has 0 bridgehead atoms. The summed E-state index contributed by atoms with van der Waals surface area (Å²) in [5.74, 6) is 0. The van der Waals surface area contributed by atoms with Crippen molar-refractivity contribution in [1.82, 2.24) is 14.9 Å². The lowest BCUT2D eigenvalue weighted by molar-refractivity contribution is 0.602. The molecule has 0 saturated heterocycles. The Hall–Kier alpha value is -1.91. The highest BCUT2D eigenvalue weighted by atomic mass is 16.4. The van der Waals surface area contributed by atoms with Crippen LogP contribution in [0.5, 0.6) is 0 Å². The van der Waals surface area contributed by atoms with Crippen molar-refractivity contribution in [3.63, 3.8) is 0 Å². The Bertz CT molecular complexity index is 428. The zero-order valence-electron chi connectivity index (χ0n) is 8.01. The molecule has 0 amide bonds. The Morgan fingerprint density at radius 1 is 1.50 bits per heavy atom. The highest BCUT2D eigenvalue weighted by Crippen LogP contribution is 2.17. The largest absolute Gasteiger partial charge is 0.420 e. The molecule has 5 nitrogen and oxygen atoms in total. The molecule has 0 saturated carbocycles. The molecule has 2 aromatic heterocycles. The van der Waals surface area contributed by atoms with Gasteiger partial charge in [-0.1, -0.05) is 0 Å². The number of hydrogen-bond acceptors (Lipinski definition) is 4. The van der Waals surface area contributed by atoms with Crippen LogP contribution < -0.4 is 0 Å². The standard InChI is InChI=1S/C9H10N4O/c1-13(2)6-11-9-12-8-7(14-9)4-3-5-10-8/h3-6H,1-2H3. The fraction of sp³-hybridized carbons (Fsp3) is 0.222. The molecule has 14 heavy (non-hydrogen) atoms. The third-order valence-electron chi connectivity index (χ3n) is 1.55. The van der Waals surface area contributed by atoms with Crippen LogP contribution in [0.15, 0.2) is 27.7 Å². The maximum Gasteiger partial charge on any atom is 0.325 e. The van der Waals surface area contributed by atoms with Crippen LogP contribution >= 0.6 is 0 Å². The van der Waals surface area contributed by atoms with E-state index < -0.39 is 0 Å². The molecular weight excluding hydrogens is 180 g/mol. The first-order valence-corrected chi connectivity index (χ1v) is 4.18. The maximum atomic E-state index is 5.32. The van der Waals surface area contributed by atoms with Crippen molar-refractivity contribution in [3.05, 3.63) is 18.3 Å². The lowest BCUT2D eigenvalue weighted by atomic mass is 10.5. The summed E-state index contributed by atoms with van der Waals surface area (Å²) in [4.78, 5) is 14.0. The van der Waals surface area contributed by atoms with Gasteiger partial charge < -0.3 is 9.32 Å². The van der Waals surface area contributed by atoms with E-state index in [0.29, 0.717) is 17.2 Å². The van der Waals surface area contributed by atoms with Gasteiger partial charge in [-0.25, -0.2) is 4.98 Å². The number of oxazole rings is 1. The summed E-state index contributed by atoms with van der Waals surface area (Å²) in [6.07, 6.45) is 3.30. The molecule has 0 fully saturated rings. The molecule has 72 valence electrons. The van der Waals surface area contributed by atoms with E-state index in [9.17, 15) is 0 Å². The van der Waals surface area contributed by atoms with Gasteiger partial charge in [-0.05, 0) is 12.1 Å². The smallest absolute Gasteiger partial charge is 0.325 e. The van der Waals surface area contributed by atoms with Gasteiger partial charge in [-0.3, -0.25) is 0 Å². The Labute approximate surface area is 81.1 Å². The summed E-state index contributed by atoms with van der Waals surface area (Å²) in [6.45, 7) is 0. The van der Waals surface area contributed by atoms with E-state index in [1.807, 2.05) is 25.1 Å². The first-order valence-electron chi connectivity index (χ1n) is 4.18. The fourth-order valence-electron chi connectivity index (χ4n) is 0.978. The SMILES string of the molecule is CN(C)C=Nc1nc2ncccc2o1. The van der Waals surface area contributed by atoms with Crippen LogP contribution in [0.1, 0.15) is 0 Å². The molecule has 0 aliphatic rings. The predicted octanol–water partition coefficient (Wildman–Crippen LogP) is 1.44. The first kappa shape index (κ1) is 8.68. The van der Waals surface area contributed by atoms with Crippen LogP contribution in [-0.2, 0) is 0 Å². The molecule has 2 heterocycles. The summed E-state index contributed by atoms with van der Waals surface area (Å²) >= 11 is 0. The minimum Gasteiger partial charge on any atom is -0.420 e. The quantitative estimate of drug-likeness (QED) is 0.531. The predicted molar refractivity (Wildman–Crippen MR) is 53.6 cm³/mol. The maximum absolute atomic E-state index is 5.32. The van der Waals surface area contributed by atoms with Crippen molar-refractivity contribution in [1.29, 1.82) is 0 Å². The van der Waals surface area contributed by atoms with Crippen molar-refractivity contribution >= 4 is 23.6 Å². The van der Waals surface area contributed by atoms with Crippen molar-refractivity contribution in [2.45, 2.75) is 0 Å². The van der Waals surface area contributed by atoms with Gasteiger partial charge in [-0.15, -0.1) is 0 Å². The third kappa shape index (κ3) is 1.71. The third-order valence-corrected chi connectivity index (χ3v) is 1.55. The van der Waals surface area contributed by atoms with Gasteiger partial charge in [0.25, 0.3) is 0 Å². The number of rotatable bonds is 2. The molecule has 2 rings (SSSR count). The molecule has 0 aliphatic carbocycles. The Morgan fingerprint density at radius 3 is 3.07 bits per heavy atom. The number of pyridine rings is 1. The highest BCUT2D eigenvalue weighted by molar-refractivity contribution is 5.69. The van der Waals surface area contributed by atoms with Crippen LogP contribution in [-0.4, -0.2) is 35.3 Å². The van der Waals surface area contributed by atoms with Crippen molar-refractivity contribution in [3.8, 4) is 0 Å². The highest BCUT2D eigenvalue weighted by Gasteiger charge is 2.02. The second kappa shape index (κ2) is 3.45. The first-order chi connectivity index (χ1) is 6.75. The van der Waals surface area contributed by atoms with E-state index in [2.05, 4.69) is 15.0 Å². The Morgan fingerprint density at radius 2 is 2.36 bits per heavy atom. The van der Waals surface area contributed by atoms with E-state index in [0.717, 1.165) is 0 Å². The van der Waals surface area contributed by atoms with Crippen LogP contribution in [0.2, 0.25) is 0 Å². The number of fused-ring (bicyclic) bond motifs is 1. The Kier molecular flexibility index (Phi) is 2.14. The number of aliphatic imine (C=N–C) groups is 1. The monoisotopic (exact) mass is 190 g/mol. The molecule has 0 aliphatic heterocycles. The lowest BCUT2D eigenvalue weighted by Gasteiger charge is -1.99. The van der Waals surface area contributed by atoms with Crippen molar-refractivity contribution in [2.24, 2.45) is 4.99 Å². The molecule has 0 atom stereocenters. The lowest BCUT2D eigenvalue weighted by Crippen LogP contribution is -2.06. The molecular formula is C9H10N4O. The van der Waals surface area contributed by atoms with E-state index in [-0.39, 0.29) is 0 Å². The van der Waals surface area contributed by atoms with E-state index in [1.165, 1.54) is 0 Å². The van der Waals surface area contributed by atoms with E-state index >= 15 is 0 Å². The average molecular weight is 190 g/mol. The second-order valence-electron chi connectivity index (χ2n) is 3.03. The van der Waals surface area contributed by atoms with Gasteiger partial charge in [0.2, 0.25) is 5.65 Å². The minimum absolute atomic E-state index is 0.326. The number of hydrogen-bond donors (Lipinski definition) is 0. The van der Waals surface area contributed by atoms with E-state index in [1.54, 1.807) is 18.6 Å². The zero-order chi connectivity index (χ0) is 9.97. The van der Waals surface area contributed by atoms with Crippen LogP contribution in [0.4, 0.5) is 6.01 Å². The van der Waals surface area contributed by atoms with Crippen LogP contribution in [0.25, 0.3) is 11.2 Å². The zero-order valence-corrected chi connectivity index (χ0v) is 8.01. The molecule has 0 aromatic carbocycles. The summed E-state index contributed by atoms with van der Waals surface area (Å²) in [6, 6.07) is 3.93. The number of nitrogens with zero attached hydrogens (tertiary/aromatic N) is 4. The van der Waals surface area contributed by atoms with Crippen LogP contribution in [0, 0.1) is 0 Å². The second-order valence-corrected chi connectivity index (χ2v) is 3.03. The molecule has 5 heteroatoms. The van der Waals surface area contributed by atoms with Gasteiger partial charge in [0.05, 0.1) is 6.34 Å². The molecule has 0 spiro atoms. The van der Waals surface area contributed by atoms with Crippen molar-refractivity contribution in [2.75, 3.05) is 14.1 Å². The van der Waals surface area contributed by atoms with Gasteiger partial charge in [0, 0.05) is 20.3 Å².